The third-order valence-electron chi connectivity index (χ3n) is 7.70. The molecule has 0 bridgehead atoms. The molecule has 196 valence electrons. The molecule has 35 heavy (non-hydrogen) atoms. The van der Waals surface area contributed by atoms with Gasteiger partial charge >= 0.3 is 0 Å². The number of hydrogen-bond donors (Lipinski definition) is 0. The van der Waals surface area contributed by atoms with Crippen molar-refractivity contribution in [2.75, 3.05) is 0 Å². The molecule has 0 amide bonds. The van der Waals surface area contributed by atoms with Crippen LogP contribution in [-0.2, 0) is 12.8 Å². The van der Waals surface area contributed by atoms with E-state index in [1.807, 2.05) is 0 Å². The van der Waals surface area contributed by atoms with Crippen LogP contribution in [0.5, 0.6) is 0 Å². The van der Waals surface area contributed by atoms with Crippen molar-refractivity contribution < 1.29 is 4.57 Å². The van der Waals surface area contributed by atoms with E-state index in [-0.39, 0.29) is 0 Å². The molecule has 1 unspecified atom stereocenters. The molecule has 0 saturated heterocycles. The van der Waals surface area contributed by atoms with Gasteiger partial charge in [0, 0.05) is 23.6 Å². The Hall–Kier alpha value is -1.63. The van der Waals surface area contributed by atoms with Crippen LogP contribution in [-0.4, -0.2) is 0 Å². The Morgan fingerprint density at radius 2 is 1.03 bits per heavy atom. The van der Waals surface area contributed by atoms with Gasteiger partial charge in [-0.3, -0.25) is 0 Å². The minimum Gasteiger partial charge on any atom is -0.198 e. The maximum absolute atomic E-state index is 2.50. The highest BCUT2D eigenvalue weighted by Gasteiger charge is 2.20. The van der Waals surface area contributed by atoms with Crippen LogP contribution in [0.4, 0.5) is 0 Å². The summed E-state index contributed by atoms with van der Waals surface area (Å²) in [5.41, 5.74) is 4.64. The van der Waals surface area contributed by atoms with Gasteiger partial charge in [-0.1, -0.05) is 141 Å². The van der Waals surface area contributed by atoms with Gasteiger partial charge in [0.2, 0.25) is 0 Å². The average molecular weight is 479 g/mol. The number of rotatable bonds is 21. The van der Waals surface area contributed by atoms with E-state index in [2.05, 4.69) is 74.1 Å². The third kappa shape index (κ3) is 12.2. The molecule has 1 heteroatoms. The van der Waals surface area contributed by atoms with Crippen LogP contribution in [0.15, 0.2) is 48.8 Å². The van der Waals surface area contributed by atoms with Gasteiger partial charge in [0.1, 0.15) is 0 Å². The minimum atomic E-state index is 0.436. The highest BCUT2D eigenvalue weighted by molar-refractivity contribution is 5.23. The molecule has 1 heterocycles. The lowest BCUT2D eigenvalue weighted by atomic mass is 9.96. The van der Waals surface area contributed by atoms with Gasteiger partial charge in [-0.05, 0) is 31.2 Å². The molecule has 1 aromatic carbocycles. The van der Waals surface area contributed by atoms with Crippen LogP contribution in [0, 0.1) is 0 Å². The molecule has 2 aromatic rings. The number of pyridine rings is 1. The fourth-order valence-electron chi connectivity index (χ4n) is 5.44. The molecule has 0 saturated carbocycles. The zero-order valence-corrected chi connectivity index (χ0v) is 23.6. The first-order valence-electron chi connectivity index (χ1n) is 15.4. The van der Waals surface area contributed by atoms with Crippen LogP contribution >= 0.6 is 0 Å². The van der Waals surface area contributed by atoms with Gasteiger partial charge in [0.15, 0.2) is 18.4 Å². The summed E-state index contributed by atoms with van der Waals surface area (Å²) >= 11 is 0. The molecule has 0 aliphatic rings. The monoisotopic (exact) mass is 478 g/mol. The molecule has 0 N–H and O–H groups in total. The largest absolute Gasteiger partial charge is 0.198 e. The van der Waals surface area contributed by atoms with E-state index in [1.54, 1.807) is 11.1 Å². The summed E-state index contributed by atoms with van der Waals surface area (Å²) in [6, 6.07) is 13.9. The molecule has 2 rings (SSSR count). The van der Waals surface area contributed by atoms with Crippen LogP contribution in [0.3, 0.4) is 0 Å². The van der Waals surface area contributed by atoms with Crippen molar-refractivity contribution in [1.82, 2.24) is 0 Å². The van der Waals surface area contributed by atoms with Crippen molar-refractivity contribution in [2.24, 2.45) is 0 Å². The topological polar surface area (TPSA) is 3.88 Å². The molecule has 0 spiro atoms. The number of unbranched alkanes of at least 4 members (excludes halogenated alkanes) is 14. The number of aromatic nitrogens is 1. The maximum atomic E-state index is 2.50. The Kier molecular flexibility index (Phi) is 16.5. The summed E-state index contributed by atoms with van der Waals surface area (Å²) in [4.78, 5) is 0. The fourth-order valence-corrected chi connectivity index (χ4v) is 5.44. The number of benzene rings is 1. The quantitative estimate of drug-likeness (QED) is 0.124. The fraction of sp³-hybridized carbons (Fsp3) is 0.676. The molecule has 0 fully saturated rings. The van der Waals surface area contributed by atoms with Crippen LogP contribution < -0.4 is 4.57 Å². The van der Waals surface area contributed by atoms with E-state index in [0.717, 1.165) is 6.42 Å². The van der Waals surface area contributed by atoms with Crippen LogP contribution in [0.1, 0.15) is 153 Å². The Bertz CT molecular complexity index is 750. The van der Waals surface area contributed by atoms with Crippen molar-refractivity contribution in [3.8, 4) is 0 Å². The Labute approximate surface area is 218 Å². The van der Waals surface area contributed by atoms with Crippen molar-refractivity contribution >= 4 is 0 Å². The second-order valence-corrected chi connectivity index (χ2v) is 10.7. The molecule has 0 aliphatic heterocycles. The third-order valence-corrected chi connectivity index (χ3v) is 7.70. The minimum absolute atomic E-state index is 0.436. The molecular formula is C34H56N+. The van der Waals surface area contributed by atoms with Crippen molar-refractivity contribution in [3.63, 3.8) is 0 Å². The van der Waals surface area contributed by atoms with E-state index in [9.17, 15) is 0 Å². The summed E-state index contributed by atoms with van der Waals surface area (Å²) < 4.78 is 2.49. The summed E-state index contributed by atoms with van der Waals surface area (Å²) in [6.07, 6.45) is 30.8. The normalized spacial score (nSPS) is 12.2. The average Bonchev–Trinajstić information content (AvgIpc) is 2.89. The van der Waals surface area contributed by atoms with Gasteiger partial charge in [-0.2, -0.15) is 4.57 Å². The summed E-state index contributed by atoms with van der Waals surface area (Å²) in [7, 11) is 0. The summed E-state index contributed by atoms with van der Waals surface area (Å²) in [5.74, 6) is 0. The zero-order chi connectivity index (χ0) is 25.0. The van der Waals surface area contributed by atoms with E-state index < -0.39 is 0 Å². The predicted molar refractivity (Wildman–Crippen MR) is 154 cm³/mol. The molecule has 1 nitrogen and oxygen atoms in total. The number of hydrogen-bond acceptors (Lipinski definition) is 0. The van der Waals surface area contributed by atoms with Crippen molar-refractivity contribution in [1.29, 1.82) is 0 Å². The van der Waals surface area contributed by atoms with Crippen molar-refractivity contribution in [2.45, 2.75) is 149 Å². The summed E-state index contributed by atoms with van der Waals surface area (Å²) in [5, 5.41) is 0. The summed E-state index contributed by atoms with van der Waals surface area (Å²) in [6.45, 7) is 6.92. The highest BCUT2D eigenvalue weighted by Crippen LogP contribution is 2.20. The standard InChI is InChI=1S/C34H56N/c1-4-7-9-11-13-15-17-20-24-31-28-29-35(34(6-3)32-25-22-19-23-26-32)30-33(31)27-21-18-16-14-12-10-8-5-2/h19,22-23,25-26,28-30,34H,4-18,20-21,24,27H2,1-3H3/q+1. The van der Waals surface area contributed by atoms with Crippen LogP contribution in [0.2, 0.25) is 0 Å². The van der Waals surface area contributed by atoms with Gasteiger partial charge in [-0.25, -0.2) is 0 Å². The lowest BCUT2D eigenvalue weighted by molar-refractivity contribution is -0.714. The SMILES string of the molecule is CCCCCCCCCCc1cc[n+](C(CC)c2ccccc2)cc1CCCCCCCCCC. The van der Waals surface area contributed by atoms with Crippen LogP contribution in [0.25, 0.3) is 0 Å². The van der Waals surface area contributed by atoms with E-state index in [0.29, 0.717) is 6.04 Å². The lowest BCUT2D eigenvalue weighted by Gasteiger charge is -2.14. The molecular weight excluding hydrogens is 422 g/mol. The van der Waals surface area contributed by atoms with E-state index >= 15 is 0 Å². The highest BCUT2D eigenvalue weighted by atomic mass is 15.0. The lowest BCUT2D eigenvalue weighted by Crippen LogP contribution is -2.40. The number of nitrogens with zero attached hydrogens (tertiary/aromatic N) is 1. The molecule has 1 aromatic heterocycles. The number of aryl methyl sites for hydroxylation is 2. The first-order chi connectivity index (χ1) is 17.3. The Morgan fingerprint density at radius 1 is 0.543 bits per heavy atom. The Morgan fingerprint density at radius 3 is 1.54 bits per heavy atom. The van der Waals surface area contributed by atoms with Crippen molar-refractivity contribution in [3.05, 3.63) is 65.5 Å². The zero-order valence-electron chi connectivity index (χ0n) is 23.6. The first kappa shape index (κ1) is 29.6. The van der Waals surface area contributed by atoms with Gasteiger partial charge in [0.05, 0.1) is 0 Å². The molecule has 0 aliphatic carbocycles. The van der Waals surface area contributed by atoms with Gasteiger partial charge in [-0.15, -0.1) is 0 Å². The first-order valence-corrected chi connectivity index (χ1v) is 15.4. The molecule has 0 radical (unpaired) electrons. The van der Waals surface area contributed by atoms with Gasteiger partial charge in [0.25, 0.3) is 0 Å². The van der Waals surface area contributed by atoms with Gasteiger partial charge < -0.3 is 0 Å². The van der Waals surface area contributed by atoms with E-state index in [1.165, 1.54) is 121 Å². The second kappa shape index (κ2) is 19.5. The predicted octanol–water partition coefficient (Wildman–Crippen LogP) is 10.3. The molecule has 1 atom stereocenters. The van der Waals surface area contributed by atoms with E-state index in [4.69, 9.17) is 0 Å². The maximum Gasteiger partial charge on any atom is 0.183 e. The smallest absolute Gasteiger partial charge is 0.183 e. The Balaban J connectivity index is 1.93. The second-order valence-electron chi connectivity index (χ2n) is 10.7.